The van der Waals surface area contributed by atoms with E-state index in [9.17, 15) is 9.90 Å². The fourth-order valence-corrected chi connectivity index (χ4v) is 3.30. The van der Waals surface area contributed by atoms with Crippen LogP contribution in [0.4, 0.5) is 0 Å². The van der Waals surface area contributed by atoms with E-state index in [0.717, 1.165) is 22.2 Å². The van der Waals surface area contributed by atoms with Crippen LogP contribution >= 0.6 is 11.3 Å². The van der Waals surface area contributed by atoms with Gasteiger partial charge in [-0.2, -0.15) is 9.61 Å². The van der Waals surface area contributed by atoms with Crippen molar-refractivity contribution in [3.05, 3.63) is 23.0 Å². The van der Waals surface area contributed by atoms with Gasteiger partial charge < -0.3 is 5.11 Å². The number of carboxylic acid groups (broad SMARTS) is 1. The molecule has 1 N–H and O–H groups in total. The number of aryl methyl sites for hydroxylation is 1. The van der Waals surface area contributed by atoms with Gasteiger partial charge in [0.2, 0.25) is 4.96 Å². The lowest BCUT2D eigenvalue weighted by atomic mass is 9.83. The maximum absolute atomic E-state index is 11.3. The third kappa shape index (κ3) is 1.71. The molecular formula is C11H12N4O2S. The maximum atomic E-state index is 11.3. The van der Waals surface area contributed by atoms with Crippen molar-refractivity contribution in [1.82, 2.24) is 19.8 Å². The lowest BCUT2D eigenvalue weighted by molar-refractivity contribution is -0.142. The highest BCUT2D eigenvalue weighted by molar-refractivity contribution is 7.16. The molecule has 6 nitrogen and oxygen atoms in total. The lowest BCUT2D eigenvalue weighted by Crippen LogP contribution is -2.23. The maximum Gasteiger partial charge on any atom is 0.307 e. The quantitative estimate of drug-likeness (QED) is 0.834. The summed E-state index contributed by atoms with van der Waals surface area (Å²) in [5.41, 5.74) is 0. The fourth-order valence-electron chi connectivity index (χ4n) is 2.24. The minimum atomic E-state index is -0.757. The summed E-state index contributed by atoms with van der Waals surface area (Å²) in [4.78, 5) is 12.0. The zero-order valence-corrected chi connectivity index (χ0v) is 10.6. The summed E-state index contributed by atoms with van der Waals surface area (Å²) in [6, 6.07) is 0. The predicted molar refractivity (Wildman–Crippen MR) is 65.6 cm³/mol. The van der Waals surface area contributed by atoms with Crippen molar-refractivity contribution in [3.8, 4) is 0 Å². The molecular weight excluding hydrogens is 252 g/mol. The van der Waals surface area contributed by atoms with Crippen LogP contribution in [0.3, 0.4) is 0 Å². The Balaban J connectivity index is 2.01. The van der Waals surface area contributed by atoms with E-state index in [4.69, 9.17) is 0 Å². The highest BCUT2D eigenvalue weighted by atomic mass is 32.1. The van der Waals surface area contributed by atoms with Gasteiger partial charge in [0.25, 0.3) is 0 Å². The van der Waals surface area contributed by atoms with E-state index >= 15 is 0 Å². The zero-order valence-electron chi connectivity index (χ0n) is 9.78. The van der Waals surface area contributed by atoms with E-state index in [1.165, 1.54) is 11.3 Å². The van der Waals surface area contributed by atoms with Crippen molar-refractivity contribution >= 4 is 22.3 Å². The summed E-state index contributed by atoms with van der Waals surface area (Å²) in [7, 11) is 0. The first-order valence-electron chi connectivity index (χ1n) is 5.73. The molecule has 0 amide bonds. The average molecular weight is 264 g/mol. The number of hydrogen-bond donors (Lipinski definition) is 1. The number of aliphatic carboxylic acids is 1. The third-order valence-electron chi connectivity index (χ3n) is 3.23. The number of fused-ring (bicyclic) bond motifs is 1. The monoisotopic (exact) mass is 264 g/mol. The van der Waals surface area contributed by atoms with Gasteiger partial charge in [-0.25, -0.2) is 0 Å². The Morgan fingerprint density at radius 1 is 1.44 bits per heavy atom. The molecule has 94 valence electrons. The second-order valence-electron chi connectivity index (χ2n) is 4.38. The first kappa shape index (κ1) is 11.3. The Morgan fingerprint density at radius 3 is 2.94 bits per heavy atom. The second kappa shape index (κ2) is 4.16. The van der Waals surface area contributed by atoms with Crippen molar-refractivity contribution in [3.63, 3.8) is 0 Å². The van der Waals surface area contributed by atoms with Crippen LogP contribution in [0.15, 0.2) is 12.2 Å². The van der Waals surface area contributed by atoms with Gasteiger partial charge in [-0.3, -0.25) is 4.79 Å². The van der Waals surface area contributed by atoms with Crippen LogP contribution in [0.1, 0.15) is 29.6 Å². The molecule has 1 aliphatic rings. The van der Waals surface area contributed by atoms with Gasteiger partial charge in [-0.1, -0.05) is 23.5 Å². The molecule has 2 unspecified atom stereocenters. The molecule has 2 atom stereocenters. The summed E-state index contributed by atoms with van der Waals surface area (Å²) in [5.74, 6) is -0.476. The summed E-state index contributed by atoms with van der Waals surface area (Å²) in [6.07, 6.45) is 5.25. The number of rotatable bonds is 2. The number of carbonyl (C=O) groups is 1. The molecule has 2 aromatic rings. The molecule has 0 radical (unpaired) electrons. The van der Waals surface area contributed by atoms with Crippen LogP contribution in [0.25, 0.3) is 4.96 Å². The Morgan fingerprint density at radius 2 is 2.22 bits per heavy atom. The molecule has 0 spiro atoms. The molecule has 2 aromatic heterocycles. The van der Waals surface area contributed by atoms with Crippen LogP contribution in [0.2, 0.25) is 0 Å². The van der Waals surface area contributed by atoms with Gasteiger partial charge in [0.05, 0.1) is 5.92 Å². The van der Waals surface area contributed by atoms with Crippen molar-refractivity contribution < 1.29 is 9.90 Å². The molecule has 0 bridgehead atoms. The van der Waals surface area contributed by atoms with Gasteiger partial charge in [0, 0.05) is 5.92 Å². The Hall–Kier alpha value is -1.76. The molecule has 0 aliphatic heterocycles. The van der Waals surface area contributed by atoms with Crippen LogP contribution in [-0.2, 0) is 4.79 Å². The number of aromatic nitrogens is 4. The standard InChI is InChI=1S/C11H12N4O2S/c1-6-12-13-11-15(6)14-9(18-11)7-4-2-3-5-8(7)10(16)17/h2-3,7-8H,4-5H2,1H3,(H,16,17). The van der Waals surface area contributed by atoms with Gasteiger partial charge in [0.1, 0.15) is 5.01 Å². The molecule has 0 saturated heterocycles. The van der Waals surface area contributed by atoms with Crippen molar-refractivity contribution in [2.45, 2.75) is 25.7 Å². The Kier molecular flexibility index (Phi) is 2.62. The van der Waals surface area contributed by atoms with E-state index in [2.05, 4.69) is 15.3 Å². The number of hydrogen-bond acceptors (Lipinski definition) is 5. The highest BCUT2D eigenvalue weighted by Crippen LogP contribution is 2.36. The first-order chi connectivity index (χ1) is 8.66. The zero-order chi connectivity index (χ0) is 12.7. The van der Waals surface area contributed by atoms with E-state index < -0.39 is 5.97 Å². The average Bonchev–Trinajstić information content (AvgIpc) is 2.92. The fraction of sp³-hybridized carbons (Fsp3) is 0.455. The smallest absolute Gasteiger partial charge is 0.307 e. The van der Waals surface area contributed by atoms with Crippen molar-refractivity contribution in [2.75, 3.05) is 0 Å². The normalized spacial score (nSPS) is 23.6. The third-order valence-corrected chi connectivity index (χ3v) is 4.26. The molecule has 18 heavy (non-hydrogen) atoms. The highest BCUT2D eigenvalue weighted by Gasteiger charge is 2.32. The minimum absolute atomic E-state index is 0.0569. The number of allylic oxidation sites excluding steroid dienone is 2. The molecule has 0 fully saturated rings. The van der Waals surface area contributed by atoms with Crippen molar-refractivity contribution in [1.29, 1.82) is 0 Å². The van der Waals surface area contributed by atoms with Gasteiger partial charge in [-0.05, 0) is 19.8 Å². The number of nitrogens with zero attached hydrogens (tertiary/aromatic N) is 4. The van der Waals surface area contributed by atoms with Crippen LogP contribution in [0.5, 0.6) is 0 Å². The first-order valence-corrected chi connectivity index (χ1v) is 6.55. The lowest BCUT2D eigenvalue weighted by Gasteiger charge is -2.22. The second-order valence-corrected chi connectivity index (χ2v) is 5.36. The molecule has 2 heterocycles. The van der Waals surface area contributed by atoms with E-state index in [-0.39, 0.29) is 11.8 Å². The Bertz CT molecular complexity index is 630. The van der Waals surface area contributed by atoms with E-state index in [1.807, 2.05) is 19.1 Å². The number of carboxylic acids is 1. The predicted octanol–water partition coefficient (Wildman–Crippen LogP) is 1.63. The summed E-state index contributed by atoms with van der Waals surface area (Å²) in [6.45, 7) is 1.83. The van der Waals surface area contributed by atoms with Gasteiger partial charge in [0.15, 0.2) is 5.82 Å². The summed E-state index contributed by atoms with van der Waals surface area (Å²) < 4.78 is 1.68. The SMILES string of the molecule is Cc1nnc2sc(C3CC=CCC3C(=O)O)nn12. The van der Waals surface area contributed by atoms with Crippen LogP contribution in [0, 0.1) is 12.8 Å². The van der Waals surface area contributed by atoms with Crippen LogP contribution in [-0.4, -0.2) is 30.9 Å². The van der Waals surface area contributed by atoms with E-state index in [0.29, 0.717) is 6.42 Å². The Labute approximate surface area is 107 Å². The summed E-state index contributed by atoms with van der Waals surface area (Å²) in [5, 5.41) is 22.5. The molecule has 3 rings (SSSR count). The molecule has 1 aliphatic carbocycles. The van der Waals surface area contributed by atoms with Gasteiger partial charge in [-0.15, -0.1) is 10.2 Å². The summed E-state index contributed by atoms with van der Waals surface area (Å²) >= 11 is 1.43. The van der Waals surface area contributed by atoms with E-state index in [1.54, 1.807) is 4.52 Å². The van der Waals surface area contributed by atoms with Crippen LogP contribution < -0.4 is 0 Å². The molecule has 0 saturated carbocycles. The topological polar surface area (TPSA) is 80.4 Å². The molecule has 0 aromatic carbocycles. The molecule has 7 heteroatoms. The van der Waals surface area contributed by atoms with Gasteiger partial charge >= 0.3 is 5.97 Å². The largest absolute Gasteiger partial charge is 0.481 e. The van der Waals surface area contributed by atoms with Crippen molar-refractivity contribution in [2.24, 2.45) is 5.92 Å². The minimum Gasteiger partial charge on any atom is -0.481 e.